The third kappa shape index (κ3) is 4.10. The second-order valence-electron chi connectivity index (χ2n) is 5.47. The molecular weight excluding hydrogens is 232 g/mol. The van der Waals surface area contributed by atoms with Gasteiger partial charge in [0.1, 0.15) is 0 Å². The zero-order valence-corrected chi connectivity index (χ0v) is 13.4. The van der Waals surface area contributed by atoms with Crippen LogP contribution in [0.2, 0.25) is 0 Å². The van der Waals surface area contributed by atoms with Crippen LogP contribution < -0.4 is 11.5 Å². The molecule has 108 valence electrons. The fourth-order valence-electron chi connectivity index (χ4n) is 2.13. The molecule has 0 spiro atoms. The Bertz CT molecular complexity index is 431. The predicted molar refractivity (Wildman–Crippen MR) is 88.4 cm³/mol. The summed E-state index contributed by atoms with van der Waals surface area (Å²) in [6.45, 7) is 15.0. The molecule has 1 aromatic carbocycles. The minimum Gasteiger partial charge on any atom is -0.398 e. The van der Waals surface area contributed by atoms with E-state index in [1.165, 1.54) is 23.7 Å². The molecule has 4 N–H and O–H groups in total. The van der Waals surface area contributed by atoms with Crippen molar-refractivity contribution < 1.29 is 0 Å². The Balaban J connectivity index is 0.00000154. The second-order valence-corrected chi connectivity index (χ2v) is 5.47. The van der Waals surface area contributed by atoms with Crippen molar-refractivity contribution in [3.05, 3.63) is 35.4 Å². The van der Waals surface area contributed by atoms with Gasteiger partial charge in [-0.3, -0.25) is 0 Å². The van der Waals surface area contributed by atoms with E-state index in [1.807, 2.05) is 6.92 Å². The quantitative estimate of drug-likeness (QED) is 0.802. The lowest BCUT2D eigenvalue weighted by molar-refractivity contribution is 0.507. The average Bonchev–Trinajstić information content (AvgIpc) is 2.40. The van der Waals surface area contributed by atoms with Crippen LogP contribution in [0.1, 0.15) is 57.7 Å². The predicted octanol–water partition coefficient (Wildman–Crippen LogP) is 4.13. The summed E-state index contributed by atoms with van der Waals surface area (Å²) in [5.74, 6) is 0. The number of hydrogen-bond acceptors (Lipinski definition) is 2. The molecule has 0 heterocycles. The van der Waals surface area contributed by atoms with E-state index in [-0.39, 0.29) is 5.41 Å². The van der Waals surface area contributed by atoms with Crippen molar-refractivity contribution in [2.24, 2.45) is 5.73 Å². The van der Waals surface area contributed by atoms with Crippen molar-refractivity contribution in [2.45, 2.75) is 52.9 Å². The van der Waals surface area contributed by atoms with E-state index >= 15 is 0 Å². The lowest BCUT2D eigenvalue weighted by atomic mass is 9.79. The molecule has 0 fully saturated rings. The Morgan fingerprint density at radius 2 is 1.74 bits per heavy atom. The topological polar surface area (TPSA) is 52.0 Å². The van der Waals surface area contributed by atoms with E-state index in [0.29, 0.717) is 0 Å². The molecule has 0 aliphatic heterocycles. The fourth-order valence-corrected chi connectivity index (χ4v) is 2.13. The van der Waals surface area contributed by atoms with Gasteiger partial charge in [-0.2, -0.15) is 0 Å². The summed E-state index contributed by atoms with van der Waals surface area (Å²) in [6.07, 6.45) is 2.11. The van der Waals surface area contributed by atoms with Crippen molar-refractivity contribution in [1.29, 1.82) is 0 Å². The van der Waals surface area contributed by atoms with Gasteiger partial charge in [-0.25, -0.2) is 0 Å². The molecule has 1 rings (SSSR count). The van der Waals surface area contributed by atoms with Crippen LogP contribution in [0.4, 0.5) is 5.69 Å². The van der Waals surface area contributed by atoms with Crippen LogP contribution >= 0.6 is 0 Å². The molecule has 2 heteroatoms. The summed E-state index contributed by atoms with van der Waals surface area (Å²) in [6, 6.07) is 4.36. The summed E-state index contributed by atoms with van der Waals surface area (Å²) >= 11 is 0. The first-order valence-corrected chi connectivity index (χ1v) is 7.00. The first kappa shape index (κ1) is 17.7. The molecule has 0 atom stereocenters. The number of rotatable bonds is 4. The SMILES string of the molecule is C=C(C)c1cc(N)c(C(C)(C)CC)cc1CC.CN. The maximum Gasteiger partial charge on any atom is 0.0358 e. The van der Waals surface area contributed by atoms with Crippen LogP contribution in [0.25, 0.3) is 5.57 Å². The summed E-state index contributed by atoms with van der Waals surface area (Å²) in [5.41, 5.74) is 16.7. The van der Waals surface area contributed by atoms with Gasteiger partial charge < -0.3 is 11.5 Å². The average molecular weight is 262 g/mol. The summed E-state index contributed by atoms with van der Waals surface area (Å²) in [5, 5.41) is 0. The Hall–Kier alpha value is -1.28. The Morgan fingerprint density at radius 3 is 2.11 bits per heavy atom. The first-order valence-electron chi connectivity index (χ1n) is 7.00. The number of nitrogens with two attached hydrogens (primary N) is 2. The Morgan fingerprint density at radius 1 is 1.21 bits per heavy atom. The lowest BCUT2D eigenvalue weighted by Gasteiger charge is -2.27. The zero-order valence-electron chi connectivity index (χ0n) is 13.4. The van der Waals surface area contributed by atoms with E-state index in [4.69, 9.17) is 5.73 Å². The van der Waals surface area contributed by atoms with Crippen LogP contribution in [0.5, 0.6) is 0 Å². The second kappa shape index (κ2) is 7.34. The van der Waals surface area contributed by atoms with Crippen LogP contribution in [0, 0.1) is 0 Å². The maximum atomic E-state index is 6.20. The molecular formula is C17H30N2. The van der Waals surface area contributed by atoms with Gasteiger partial charge in [0.2, 0.25) is 0 Å². The highest BCUT2D eigenvalue weighted by atomic mass is 14.6. The van der Waals surface area contributed by atoms with Gasteiger partial charge in [0.25, 0.3) is 0 Å². The normalized spacial score (nSPS) is 10.7. The molecule has 0 aliphatic carbocycles. The fraction of sp³-hybridized carbons (Fsp3) is 0.529. The smallest absolute Gasteiger partial charge is 0.0358 e. The van der Waals surface area contributed by atoms with Crippen LogP contribution in [0.3, 0.4) is 0 Å². The number of nitrogen functional groups attached to an aromatic ring is 1. The van der Waals surface area contributed by atoms with Gasteiger partial charge in [0.05, 0.1) is 0 Å². The van der Waals surface area contributed by atoms with Crippen molar-refractivity contribution >= 4 is 11.3 Å². The van der Waals surface area contributed by atoms with Crippen molar-refractivity contribution in [3.63, 3.8) is 0 Å². The minimum atomic E-state index is 0.140. The summed E-state index contributed by atoms with van der Waals surface area (Å²) in [4.78, 5) is 0. The molecule has 0 saturated heterocycles. The van der Waals surface area contributed by atoms with E-state index in [9.17, 15) is 0 Å². The number of anilines is 1. The highest BCUT2D eigenvalue weighted by Crippen LogP contribution is 2.34. The van der Waals surface area contributed by atoms with Crippen LogP contribution in [-0.2, 0) is 11.8 Å². The van der Waals surface area contributed by atoms with Gasteiger partial charge in [0.15, 0.2) is 0 Å². The van der Waals surface area contributed by atoms with E-state index < -0.39 is 0 Å². The monoisotopic (exact) mass is 262 g/mol. The van der Waals surface area contributed by atoms with E-state index in [1.54, 1.807) is 0 Å². The molecule has 1 aromatic rings. The number of allylic oxidation sites excluding steroid dienone is 1. The van der Waals surface area contributed by atoms with Crippen LogP contribution in [-0.4, -0.2) is 7.05 Å². The van der Waals surface area contributed by atoms with Crippen molar-refractivity contribution in [3.8, 4) is 0 Å². The van der Waals surface area contributed by atoms with Gasteiger partial charge in [-0.15, -0.1) is 0 Å². The number of benzene rings is 1. The maximum absolute atomic E-state index is 6.20. The standard InChI is InChI=1S/C16H25N.CH5N/c1-7-12-9-14(16(5,6)8-2)15(17)10-13(12)11(3)4;1-2/h9-10H,3,7-8,17H2,1-2,4-6H3;2H2,1H3. The molecule has 0 unspecified atom stereocenters. The molecule has 0 aromatic heterocycles. The van der Waals surface area contributed by atoms with Gasteiger partial charge in [-0.1, -0.05) is 45.9 Å². The highest BCUT2D eigenvalue weighted by Gasteiger charge is 2.22. The van der Waals surface area contributed by atoms with Gasteiger partial charge >= 0.3 is 0 Å². The van der Waals surface area contributed by atoms with E-state index in [2.05, 4.69) is 52.1 Å². The molecule has 0 aliphatic rings. The third-order valence-corrected chi connectivity index (χ3v) is 3.73. The Labute approximate surface area is 118 Å². The molecule has 0 bridgehead atoms. The highest BCUT2D eigenvalue weighted by molar-refractivity contribution is 5.70. The number of aryl methyl sites for hydroxylation is 1. The lowest BCUT2D eigenvalue weighted by Crippen LogP contribution is -2.18. The molecule has 0 radical (unpaired) electrons. The largest absolute Gasteiger partial charge is 0.398 e. The number of hydrogen-bond donors (Lipinski definition) is 2. The van der Waals surface area contributed by atoms with E-state index in [0.717, 1.165) is 24.1 Å². The van der Waals surface area contributed by atoms with Crippen molar-refractivity contribution in [2.75, 3.05) is 12.8 Å². The van der Waals surface area contributed by atoms with Gasteiger partial charge in [-0.05, 0) is 55.0 Å². The summed E-state index contributed by atoms with van der Waals surface area (Å²) in [7, 11) is 1.50. The third-order valence-electron chi connectivity index (χ3n) is 3.73. The molecule has 19 heavy (non-hydrogen) atoms. The summed E-state index contributed by atoms with van der Waals surface area (Å²) < 4.78 is 0. The first-order chi connectivity index (χ1) is 8.83. The van der Waals surface area contributed by atoms with Gasteiger partial charge in [0, 0.05) is 5.69 Å². The zero-order chi connectivity index (χ0) is 15.2. The molecule has 2 nitrogen and oxygen atoms in total. The minimum absolute atomic E-state index is 0.140. The van der Waals surface area contributed by atoms with Crippen molar-refractivity contribution in [1.82, 2.24) is 0 Å². The molecule has 0 amide bonds. The van der Waals surface area contributed by atoms with Crippen LogP contribution in [0.15, 0.2) is 18.7 Å². The Kier molecular flexibility index (Phi) is 6.85. The molecule has 0 saturated carbocycles.